The molecular formula is C51H51NO6. The second kappa shape index (κ2) is 20.7. The van der Waals surface area contributed by atoms with Gasteiger partial charge in [0, 0.05) is 5.56 Å². The summed E-state index contributed by atoms with van der Waals surface area (Å²) in [4.78, 5) is 0. The van der Waals surface area contributed by atoms with Gasteiger partial charge in [0.15, 0.2) is 0 Å². The molecule has 1 aliphatic rings. The molecule has 0 N–H and O–H groups in total. The molecule has 296 valence electrons. The number of hydrogen-bond acceptors (Lipinski definition) is 7. The number of nitrogens with zero attached hydrogens (tertiary/aromatic N) is 1. The zero-order valence-electron chi connectivity index (χ0n) is 33.2. The van der Waals surface area contributed by atoms with Crippen LogP contribution in [0.1, 0.15) is 63.1 Å². The molecule has 0 spiro atoms. The number of nitriles is 1. The molecule has 5 atom stereocenters. The third kappa shape index (κ3) is 10.7. The molecule has 7 nitrogen and oxygen atoms in total. The maximum Gasteiger partial charge on any atom is 0.126 e. The van der Waals surface area contributed by atoms with Crippen molar-refractivity contribution in [3.8, 4) is 11.8 Å². The minimum Gasteiger partial charge on any atom is -0.496 e. The Morgan fingerprint density at radius 1 is 0.552 bits per heavy atom. The Hall–Kier alpha value is -5.59. The van der Waals surface area contributed by atoms with E-state index in [2.05, 4.69) is 67.6 Å². The lowest BCUT2D eigenvalue weighted by Crippen LogP contribution is -2.58. The Morgan fingerprint density at radius 3 is 1.53 bits per heavy atom. The molecule has 0 aliphatic carbocycles. The van der Waals surface area contributed by atoms with Crippen molar-refractivity contribution in [3.63, 3.8) is 0 Å². The van der Waals surface area contributed by atoms with E-state index in [9.17, 15) is 5.26 Å². The number of benzene rings is 6. The lowest BCUT2D eigenvalue weighted by Gasteiger charge is -2.46. The zero-order valence-corrected chi connectivity index (χ0v) is 33.2. The van der Waals surface area contributed by atoms with E-state index in [4.69, 9.17) is 28.4 Å². The molecule has 6 aromatic carbocycles. The van der Waals surface area contributed by atoms with E-state index in [1.54, 1.807) is 7.11 Å². The van der Waals surface area contributed by atoms with Crippen molar-refractivity contribution in [2.24, 2.45) is 0 Å². The van der Waals surface area contributed by atoms with Crippen LogP contribution in [0.2, 0.25) is 0 Å². The van der Waals surface area contributed by atoms with Crippen LogP contribution in [0.15, 0.2) is 158 Å². The lowest BCUT2D eigenvalue weighted by molar-refractivity contribution is -0.275. The van der Waals surface area contributed by atoms with Crippen LogP contribution in [-0.2, 0) is 63.0 Å². The van der Waals surface area contributed by atoms with Crippen molar-refractivity contribution in [1.82, 2.24) is 0 Å². The van der Waals surface area contributed by atoms with Crippen LogP contribution in [0.5, 0.6) is 5.75 Å². The molecule has 0 unspecified atom stereocenters. The predicted octanol–water partition coefficient (Wildman–Crippen LogP) is 10.1. The highest BCUT2D eigenvalue weighted by atomic mass is 16.6. The Bertz CT molecular complexity index is 2170. The van der Waals surface area contributed by atoms with Crippen LogP contribution in [0, 0.1) is 11.3 Å². The number of rotatable bonds is 18. The van der Waals surface area contributed by atoms with Gasteiger partial charge < -0.3 is 28.4 Å². The van der Waals surface area contributed by atoms with E-state index >= 15 is 0 Å². The van der Waals surface area contributed by atoms with E-state index in [1.165, 1.54) is 5.56 Å². The van der Waals surface area contributed by atoms with Crippen LogP contribution >= 0.6 is 0 Å². The zero-order chi connectivity index (χ0) is 39.9. The lowest BCUT2D eigenvalue weighted by atomic mass is 9.87. The summed E-state index contributed by atoms with van der Waals surface area (Å²) < 4.78 is 40.6. The summed E-state index contributed by atoms with van der Waals surface area (Å²) in [6, 6.07) is 55.3. The first-order valence-electron chi connectivity index (χ1n) is 20.0. The minimum atomic E-state index is -0.685. The van der Waals surface area contributed by atoms with Gasteiger partial charge in [-0.25, -0.2) is 0 Å². The van der Waals surface area contributed by atoms with Crippen molar-refractivity contribution in [2.75, 3.05) is 13.7 Å². The first-order valence-corrected chi connectivity index (χ1v) is 20.0. The van der Waals surface area contributed by atoms with E-state index < -0.39 is 30.5 Å². The van der Waals surface area contributed by atoms with Gasteiger partial charge in [-0.3, -0.25) is 0 Å². The molecule has 0 bridgehead atoms. The molecule has 0 aromatic heterocycles. The maximum atomic E-state index is 10.4. The Labute approximate surface area is 342 Å². The molecule has 1 saturated heterocycles. The predicted molar refractivity (Wildman–Crippen MR) is 225 cm³/mol. The summed E-state index contributed by atoms with van der Waals surface area (Å²) in [6.45, 7) is 3.76. The molecule has 7 heteroatoms. The van der Waals surface area contributed by atoms with Crippen LogP contribution in [-0.4, -0.2) is 38.1 Å². The standard InChI is InChI=1S/C51H51NO6/c1-3-37-24-26-38(27-25-37)28-43-29-45(46(53-2)30-44(43)31-52)48-50(56-34-41-20-12-6-13-21-41)51(57-35-42-22-14-7-15-23-42)49(55-33-40-18-10-5-11-19-40)47(58-48)36-54-32-39-16-8-4-9-17-39/h4-27,29-30,47-51H,3,28,32-36H2,1-2H3/t47-,48+,49-,50+,51+/m1/s1. The van der Waals surface area contributed by atoms with Gasteiger partial charge in [-0.15, -0.1) is 0 Å². The topological polar surface area (TPSA) is 79.2 Å². The monoisotopic (exact) mass is 773 g/mol. The van der Waals surface area contributed by atoms with Gasteiger partial charge in [0.25, 0.3) is 0 Å². The van der Waals surface area contributed by atoms with Crippen molar-refractivity contribution in [3.05, 3.63) is 208 Å². The van der Waals surface area contributed by atoms with Gasteiger partial charge in [0.2, 0.25) is 0 Å². The summed E-state index contributed by atoms with van der Waals surface area (Å²) in [6.07, 6.45) is -1.59. The summed E-state index contributed by atoms with van der Waals surface area (Å²) in [5.74, 6) is 0.536. The maximum absolute atomic E-state index is 10.4. The smallest absolute Gasteiger partial charge is 0.126 e. The van der Waals surface area contributed by atoms with E-state index in [1.807, 2.05) is 103 Å². The van der Waals surface area contributed by atoms with Crippen LogP contribution in [0.4, 0.5) is 0 Å². The van der Waals surface area contributed by atoms with Crippen LogP contribution < -0.4 is 4.74 Å². The molecule has 0 amide bonds. The van der Waals surface area contributed by atoms with Gasteiger partial charge in [-0.1, -0.05) is 153 Å². The summed E-state index contributed by atoms with van der Waals surface area (Å²) >= 11 is 0. The minimum absolute atomic E-state index is 0.233. The average Bonchev–Trinajstić information content (AvgIpc) is 3.28. The normalized spacial score (nSPS) is 19.0. The summed E-state index contributed by atoms with van der Waals surface area (Å²) in [5, 5.41) is 10.4. The molecule has 7 rings (SSSR count). The third-order valence-electron chi connectivity index (χ3n) is 10.6. The van der Waals surface area contributed by atoms with Crippen molar-refractivity contribution in [1.29, 1.82) is 5.26 Å². The van der Waals surface area contributed by atoms with Crippen molar-refractivity contribution < 1.29 is 28.4 Å². The van der Waals surface area contributed by atoms with Gasteiger partial charge in [0.05, 0.1) is 51.8 Å². The highest BCUT2D eigenvalue weighted by Crippen LogP contribution is 2.43. The highest BCUT2D eigenvalue weighted by Gasteiger charge is 2.50. The molecule has 6 aromatic rings. The number of ether oxygens (including phenoxy) is 6. The fourth-order valence-corrected chi connectivity index (χ4v) is 7.45. The Kier molecular flexibility index (Phi) is 14.5. The molecule has 1 fully saturated rings. The highest BCUT2D eigenvalue weighted by molar-refractivity contribution is 5.51. The van der Waals surface area contributed by atoms with Crippen molar-refractivity contribution in [2.45, 2.75) is 76.7 Å². The summed E-state index contributed by atoms with van der Waals surface area (Å²) in [5.41, 5.74) is 8.68. The second-order valence-corrected chi connectivity index (χ2v) is 14.6. The number of methoxy groups -OCH3 is 1. The second-order valence-electron chi connectivity index (χ2n) is 14.6. The van der Waals surface area contributed by atoms with E-state index in [-0.39, 0.29) is 6.61 Å². The molecule has 1 heterocycles. The van der Waals surface area contributed by atoms with Crippen LogP contribution in [0.25, 0.3) is 0 Å². The molecular weight excluding hydrogens is 723 g/mol. The number of hydrogen-bond donors (Lipinski definition) is 0. The molecule has 58 heavy (non-hydrogen) atoms. The van der Waals surface area contributed by atoms with E-state index in [0.717, 1.165) is 45.4 Å². The molecule has 0 radical (unpaired) electrons. The fraction of sp³-hybridized carbons (Fsp3) is 0.275. The average molecular weight is 774 g/mol. The number of aryl methyl sites for hydroxylation is 1. The SMILES string of the molecule is CCc1ccc(Cc2cc([C@@H]3O[C@H](COCc4ccccc4)[C@@H](OCc4ccccc4)[C@H](OCc4ccccc4)[C@H]3OCc3ccccc3)c(OC)cc2C#N)cc1. The fourth-order valence-electron chi connectivity index (χ4n) is 7.45. The molecule has 1 aliphatic heterocycles. The van der Waals surface area contributed by atoms with Gasteiger partial charge >= 0.3 is 0 Å². The van der Waals surface area contributed by atoms with Crippen molar-refractivity contribution >= 4 is 0 Å². The first-order chi connectivity index (χ1) is 28.6. The van der Waals surface area contributed by atoms with Gasteiger partial charge in [-0.2, -0.15) is 5.26 Å². The molecule has 0 saturated carbocycles. The largest absolute Gasteiger partial charge is 0.496 e. The first kappa shape index (κ1) is 40.6. The van der Waals surface area contributed by atoms with Gasteiger partial charge in [-0.05, 0) is 63.9 Å². The third-order valence-corrected chi connectivity index (χ3v) is 10.6. The van der Waals surface area contributed by atoms with Crippen LogP contribution in [0.3, 0.4) is 0 Å². The quantitative estimate of drug-likeness (QED) is 0.0861. The van der Waals surface area contributed by atoms with E-state index in [0.29, 0.717) is 44.2 Å². The van der Waals surface area contributed by atoms with Gasteiger partial charge in [0.1, 0.15) is 36.3 Å². The Balaban J connectivity index is 1.31. The Morgan fingerprint density at radius 2 is 1.03 bits per heavy atom. The summed E-state index contributed by atoms with van der Waals surface area (Å²) in [7, 11) is 1.63.